The summed E-state index contributed by atoms with van der Waals surface area (Å²) in [5, 5.41) is 9.81. The summed E-state index contributed by atoms with van der Waals surface area (Å²) >= 11 is 7.08. The zero-order valence-electron chi connectivity index (χ0n) is 20.4. The zero-order valence-corrected chi connectivity index (χ0v) is 23.5. The maximum absolute atomic E-state index is 13.2. The molecule has 0 aliphatic carbocycles. The fourth-order valence-corrected chi connectivity index (χ4v) is 5.15. The SMILES string of the molecule is C=CCc1cc(/C=C(/C#N)C(=O)N2CCN(c3ccccc3)CC2)cc(Br)c1OCc1ccc(Br)cc1. The first-order chi connectivity index (χ1) is 18.0. The van der Waals surface area contributed by atoms with Gasteiger partial charge in [0.15, 0.2) is 0 Å². The number of piperazine rings is 1. The molecule has 0 atom stereocenters. The van der Waals surface area contributed by atoms with Gasteiger partial charge in [0.1, 0.15) is 24.0 Å². The first-order valence-electron chi connectivity index (χ1n) is 12.0. The third-order valence-electron chi connectivity index (χ3n) is 6.15. The lowest BCUT2D eigenvalue weighted by Crippen LogP contribution is -2.49. The van der Waals surface area contributed by atoms with Gasteiger partial charge in [0.25, 0.3) is 5.91 Å². The monoisotopic (exact) mass is 619 g/mol. The number of allylic oxidation sites excluding steroid dienone is 1. The van der Waals surface area contributed by atoms with Crippen LogP contribution in [0.1, 0.15) is 16.7 Å². The Morgan fingerprint density at radius 2 is 1.73 bits per heavy atom. The minimum absolute atomic E-state index is 0.119. The van der Waals surface area contributed by atoms with Crippen LogP contribution in [0.3, 0.4) is 0 Å². The van der Waals surface area contributed by atoms with Crippen LogP contribution in [0.25, 0.3) is 6.08 Å². The van der Waals surface area contributed by atoms with Crippen LogP contribution in [0.2, 0.25) is 0 Å². The lowest BCUT2D eigenvalue weighted by Gasteiger charge is -2.36. The van der Waals surface area contributed by atoms with E-state index in [2.05, 4.69) is 61.5 Å². The topological polar surface area (TPSA) is 56.6 Å². The first kappa shape index (κ1) is 26.7. The average Bonchev–Trinajstić information content (AvgIpc) is 2.92. The van der Waals surface area contributed by atoms with Crippen LogP contribution in [0.4, 0.5) is 5.69 Å². The molecule has 0 radical (unpaired) electrons. The predicted molar refractivity (Wildman–Crippen MR) is 155 cm³/mol. The van der Waals surface area contributed by atoms with Crippen molar-refractivity contribution in [3.8, 4) is 11.8 Å². The van der Waals surface area contributed by atoms with Crippen LogP contribution < -0.4 is 9.64 Å². The van der Waals surface area contributed by atoms with Crippen molar-refractivity contribution in [2.75, 3.05) is 31.1 Å². The van der Waals surface area contributed by atoms with E-state index in [1.54, 1.807) is 11.0 Å². The third kappa shape index (κ3) is 6.91. The molecule has 1 fully saturated rings. The van der Waals surface area contributed by atoms with Crippen molar-refractivity contribution in [2.24, 2.45) is 0 Å². The molecule has 37 heavy (non-hydrogen) atoms. The van der Waals surface area contributed by atoms with Crippen molar-refractivity contribution in [2.45, 2.75) is 13.0 Å². The van der Waals surface area contributed by atoms with E-state index in [1.807, 2.05) is 60.7 Å². The molecule has 0 N–H and O–H groups in total. The van der Waals surface area contributed by atoms with E-state index in [1.165, 1.54) is 0 Å². The average molecular weight is 621 g/mol. The largest absolute Gasteiger partial charge is 0.487 e. The van der Waals surface area contributed by atoms with Gasteiger partial charge in [-0.25, -0.2) is 0 Å². The van der Waals surface area contributed by atoms with Crippen LogP contribution >= 0.6 is 31.9 Å². The van der Waals surface area contributed by atoms with Crippen molar-refractivity contribution >= 4 is 49.5 Å². The molecule has 1 aliphatic heterocycles. The van der Waals surface area contributed by atoms with E-state index >= 15 is 0 Å². The van der Waals surface area contributed by atoms with Crippen molar-refractivity contribution in [1.29, 1.82) is 5.26 Å². The Bertz CT molecular complexity index is 1320. The number of para-hydroxylation sites is 1. The van der Waals surface area contributed by atoms with Gasteiger partial charge in [0.05, 0.1) is 4.47 Å². The third-order valence-corrected chi connectivity index (χ3v) is 7.27. The second kappa shape index (κ2) is 12.8. The van der Waals surface area contributed by atoms with Crippen LogP contribution in [0.5, 0.6) is 5.75 Å². The van der Waals surface area contributed by atoms with Gasteiger partial charge in [-0.1, -0.05) is 52.3 Å². The Hall–Kier alpha value is -3.34. The number of halogens is 2. The van der Waals surface area contributed by atoms with Gasteiger partial charge >= 0.3 is 0 Å². The standard InChI is InChI=1S/C30H27Br2N3O2/c1-2-6-24-17-23(19-28(32)29(24)37-21-22-9-11-26(31)12-10-22)18-25(20-33)30(36)35-15-13-34(14-16-35)27-7-4-3-5-8-27/h2-5,7-12,17-19H,1,6,13-16,21H2/b25-18-. The zero-order chi connectivity index (χ0) is 26.2. The van der Waals surface area contributed by atoms with Crippen molar-refractivity contribution in [3.05, 3.63) is 111 Å². The molecular weight excluding hydrogens is 594 g/mol. The van der Waals surface area contributed by atoms with E-state index in [-0.39, 0.29) is 11.5 Å². The van der Waals surface area contributed by atoms with E-state index in [4.69, 9.17) is 4.74 Å². The molecule has 0 unspecified atom stereocenters. The number of nitrogens with zero attached hydrogens (tertiary/aromatic N) is 3. The minimum Gasteiger partial charge on any atom is -0.487 e. The normalized spacial score (nSPS) is 13.7. The van der Waals surface area contributed by atoms with Gasteiger partial charge < -0.3 is 14.5 Å². The first-order valence-corrected chi connectivity index (χ1v) is 13.6. The summed E-state index contributed by atoms with van der Waals surface area (Å²) in [4.78, 5) is 17.2. The van der Waals surface area contributed by atoms with E-state index in [0.717, 1.165) is 50.2 Å². The maximum Gasteiger partial charge on any atom is 0.264 e. The quantitative estimate of drug-likeness (QED) is 0.158. The van der Waals surface area contributed by atoms with Gasteiger partial charge in [0, 0.05) is 36.3 Å². The summed E-state index contributed by atoms with van der Waals surface area (Å²) < 4.78 is 7.92. The van der Waals surface area contributed by atoms with Crippen molar-refractivity contribution < 1.29 is 9.53 Å². The molecule has 1 amide bonds. The van der Waals surface area contributed by atoms with Crippen LogP contribution in [0.15, 0.2) is 93.9 Å². The highest BCUT2D eigenvalue weighted by atomic mass is 79.9. The molecule has 4 rings (SSSR count). The van der Waals surface area contributed by atoms with Crippen LogP contribution in [-0.2, 0) is 17.8 Å². The molecule has 0 bridgehead atoms. The van der Waals surface area contributed by atoms with Crippen molar-refractivity contribution in [1.82, 2.24) is 4.90 Å². The van der Waals surface area contributed by atoms with Gasteiger partial charge in [-0.2, -0.15) is 5.26 Å². The number of hydrogen-bond acceptors (Lipinski definition) is 4. The fraction of sp³-hybridized carbons (Fsp3) is 0.200. The summed E-state index contributed by atoms with van der Waals surface area (Å²) in [6.45, 7) is 6.89. The summed E-state index contributed by atoms with van der Waals surface area (Å²) in [7, 11) is 0. The van der Waals surface area contributed by atoms with E-state index < -0.39 is 0 Å². The summed E-state index contributed by atoms with van der Waals surface area (Å²) in [6, 6.07) is 24.1. The molecule has 3 aromatic carbocycles. The smallest absolute Gasteiger partial charge is 0.264 e. The molecule has 1 saturated heterocycles. The minimum atomic E-state index is -0.243. The number of carbonyl (C=O) groups is 1. The van der Waals surface area contributed by atoms with Crippen molar-refractivity contribution in [3.63, 3.8) is 0 Å². The Morgan fingerprint density at radius 3 is 2.38 bits per heavy atom. The van der Waals surface area contributed by atoms with Crippen LogP contribution in [-0.4, -0.2) is 37.0 Å². The molecular formula is C30H27Br2N3O2. The molecule has 188 valence electrons. The second-order valence-corrected chi connectivity index (χ2v) is 10.5. The fourth-order valence-electron chi connectivity index (χ4n) is 4.25. The number of rotatable bonds is 8. The van der Waals surface area contributed by atoms with Gasteiger partial charge in [-0.05, 0) is 81.5 Å². The van der Waals surface area contributed by atoms with Crippen LogP contribution in [0, 0.1) is 11.3 Å². The van der Waals surface area contributed by atoms with Gasteiger partial charge in [-0.3, -0.25) is 4.79 Å². The predicted octanol–water partition coefficient (Wildman–Crippen LogP) is 6.77. The highest BCUT2D eigenvalue weighted by molar-refractivity contribution is 9.10. The maximum atomic E-state index is 13.2. The van der Waals surface area contributed by atoms with Gasteiger partial charge in [0.2, 0.25) is 0 Å². The molecule has 7 heteroatoms. The number of carbonyl (C=O) groups excluding carboxylic acids is 1. The second-order valence-electron chi connectivity index (χ2n) is 8.68. The van der Waals surface area contributed by atoms with E-state index in [9.17, 15) is 10.1 Å². The summed E-state index contributed by atoms with van der Waals surface area (Å²) in [5.74, 6) is 0.481. The molecule has 5 nitrogen and oxygen atoms in total. The number of amides is 1. The lowest BCUT2D eigenvalue weighted by molar-refractivity contribution is -0.126. The number of anilines is 1. The molecule has 1 aliphatic rings. The Morgan fingerprint density at radius 1 is 1.03 bits per heavy atom. The van der Waals surface area contributed by atoms with Gasteiger partial charge in [-0.15, -0.1) is 6.58 Å². The summed E-state index contributed by atoms with van der Waals surface area (Å²) in [6.07, 6.45) is 4.05. The Labute approximate surface area is 234 Å². The Balaban J connectivity index is 1.49. The van der Waals surface area contributed by atoms with E-state index in [0.29, 0.717) is 26.1 Å². The Kier molecular flexibility index (Phi) is 9.21. The molecule has 0 spiro atoms. The molecule has 3 aromatic rings. The molecule has 0 saturated carbocycles. The number of nitriles is 1. The lowest BCUT2D eigenvalue weighted by atomic mass is 10.0. The number of hydrogen-bond donors (Lipinski definition) is 0. The summed E-state index contributed by atoms with van der Waals surface area (Å²) in [5.41, 5.74) is 4.00. The number of benzene rings is 3. The molecule has 0 aromatic heterocycles. The number of ether oxygens (including phenoxy) is 1. The highest BCUT2D eigenvalue weighted by Crippen LogP contribution is 2.33. The molecule has 1 heterocycles. The highest BCUT2D eigenvalue weighted by Gasteiger charge is 2.24.